The van der Waals surface area contributed by atoms with Crippen molar-refractivity contribution in [1.82, 2.24) is 9.78 Å². The van der Waals surface area contributed by atoms with Crippen molar-refractivity contribution < 1.29 is 4.74 Å². The molecule has 0 N–H and O–H groups in total. The lowest BCUT2D eigenvalue weighted by atomic mass is 9.89. The summed E-state index contributed by atoms with van der Waals surface area (Å²) in [5.74, 6) is 0. The molecule has 1 aromatic heterocycles. The summed E-state index contributed by atoms with van der Waals surface area (Å²) in [5.41, 5.74) is 4.69. The first-order valence-electron chi connectivity index (χ1n) is 7.04. The van der Waals surface area contributed by atoms with E-state index in [1.807, 2.05) is 14.0 Å². The fourth-order valence-electron chi connectivity index (χ4n) is 2.90. The molecule has 1 heterocycles. The van der Waals surface area contributed by atoms with Crippen molar-refractivity contribution in [2.75, 3.05) is 0 Å². The maximum atomic E-state index is 6.25. The van der Waals surface area contributed by atoms with Crippen molar-refractivity contribution in [2.45, 2.75) is 38.9 Å². The molecule has 1 aromatic carbocycles. The van der Waals surface area contributed by atoms with Crippen molar-refractivity contribution in [2.24, 2.45) is 7.05 Å². The van der Waals surface area contributed by atoms with Gasteiger partial charge in [-0.05, 0) is 37.3 Å². The van der Waals surface area contributed by atoms with Crippen LogP contribution in [0.5, 0.6) is 0 Å². The fourth-order valence-corrected chi connectivity index (χ4v) is 3.13. The third-order valence-corrected chi connectivity index (χ3v) is 4.49. The molecular formula is C16H19ClN2O. The quantitative estimate of drug-likeness (QED) is 0.855. The van der Waals surface area contributed by atoms with E-state index in [0.717, 1.165) is 24.1 Å². The summed E-state index contributed by atoms with van der Waals surface area (Å²) in [7, 11) is 1.86. The van der Waals surface area contributed by atoms with Crippen LogP contribution in [0.3, 0.4) is 0 Å². The van der Waals surface area contributed by atoms with E-state index in [0.29, 0.717) is 11.8 Å². The van der Waals surface area contributed by atoms with Crippen LogP contribution in [0.15, 0.2) is 24.3 Å². The molecule has 0 aliphatic heterocycles. The van der Waals surface area contributed by atoms with E-state index in [4.69, 9.17) is 16.3 Å². The Morgan fingerprint density at radius 2 is 2.20 bits per heavy atom. The van der Waals surface area contributed by atoms with Gasteiger partial charge >= 0.3 is 0 Å². The molecule has 3 rings (SSSR count). The minimum atomic E-state index is 0.177. The summed E-state index contributed by atoms with van der Waals surface area (Å²) in [6.07, 6.45) is 3.59. The molecule has 0 saturated carbocycles. The van der Waals surface area contributed by atoms with Gasteiger partial charge in [-0.2, -0.15) is 5.10 Å². The summed E-state index contributed by atoms with van der Waals surface area (Å²) in [6, 6.07) is 8.57. The van der Waals surface area contributed by atoms with Gasteiger partial charge in [0.2, 0.25) is 0 Å². The maximum absolute atomic E-state index is 6.25. The molecule has 106 valence electrons. The van der Waals surface area contributed by atoms with Crippen LogP contribution in [0.25, 0.3) is 0 Å². The van der Waals surface area contributed by atoms with Gasteiger partial charge in [0.1, 0.15) is 5.15 Å². The zero-order chi connectivity index (χ0) is 14.1. The highest BCUT2D eigenvalue weighted by Crippen LogP contribution is 2.33. The second-order valence-corrected chi connectivity index (χ2v) is 5.73. The summed E-state index contributed by atoms with van der Waals surface area (Å²) < 4.78 is 7.83. The SMILES string of the molecule is Cc1nn(C)c(Cl)c1COC1CCCc2ccccc21. The number of rotatable bonds is 3. The van der Waals surface area contributed by atoms with Crippen molar-refractivity contribution in [3.05, 3.63) is 51.8 Å². The molecule has 1 aliphatic carbocycles. The van der Waals surface area contributed by atoms with E-state index >= 15 is 0 Å². The zero-order valence-electron chi connectivity index (χ0n) is 11.9. The first-order valence-corrected chi connectivity index (χ1v) is 7.42. The van der Waals surface area contributed by atoms with Gasteiger partial charge in [0.25, 0.3) is 0 Å². The largest absolute Gasteiger partial charge is 0.369 e. The smallest absolute Gasteiger partial charge is 0.132 e. The van der Waals surface area contributed by atoms with Crippen LogP contribution < -0.4 is 0 Å². The number of ether oxygens (including phenoxy) is 1. The molecule has 4 heteroatoms. The minimum absolute atomic E-state index is 0.177. The number of nitrogens with zero attached hydrogens (tertiary/aromatic N) is 2. The fraction of sp³-hybridized carbons (Fsp3) is 0.438. The topological polar surface area (TPSA) is 27.1 Å². The number of aryl methyl sites for hydroxylation is 3. The van der Waals surface area contributed by atoms with Gasteiger partial charge in [-0.1, -0.05) is 35.9 Å². The van der Waals surface area contributed by atoms with Crippen molar-refractivity contribution in [3.8, 4) is 0 Å². The number of hydrogen-bond acceptors (Lipinski definition) is 2. The molecule has 0 amide bonds. The Bertz CT molecular complexity index is 621. The van der Waals surface area contributed by atoms with Gasteiger partial charge in [0.05, 0.1) is 18.4 Å². The molecule has 3 nitrogen and oxygen atoms in total. The second kappa shape index (κ2) is 5.58. The van der Waals surface area contributed by atoms with E-state index in [1.54, 1.807) is 4.68 Å². The van der Waals surface area contributed by atoms with Gasteiger partial charge in [-0.15, -0.1) is 0 Å². The summed E-state index contributed by atoms with van der Waals surface area (Å²) in [5, 5.41) is 5.00. The predicted molar refractivity (Wildman–Crippen MR) is 79.9 cm³/mol. The Balaban J connectivity index is 1.77. The molecule has 0 bridgehead atoms. The van der Waals surface area contributed by atoms with Gasteiger partial charge < -0.3 is 4.74 Å². The molecule has 0 fully saturated rings. The Morgan fingerprint density at radius 3 is 2.95 bits per heavy atom. The average molecular weight is 291 g/mol. The third-order valence-electron chi connectivity index (χ3n) is 4.01. The van der Waals surface area contributed by atoms with Crippen molar-refractivity contribution >= 4 is 11.6 Å². The standard InChI is InChI=1S/C16H19ClN2O/c1-11-14(16(17)19(2)18-11)10-20-15-9-5-7-12-6-3-4-8-13(12)15/h3-4,6,8,15H,5,7,9-10H2,1-2H3. The highest BCUT2D eigenvalue weighted by atomic mass is 35.5. The Morgan fingerprint density at radius 1 is 1.40 bits per heavy atom. The number of benzene rings is 1. The van der Waals surface area contributed by atoms with Gasteiger partial charge in [0.15, 0.2) is 0 Å². The lowest BCUT2D eigenvalue weighted by Gasteiger charge is -2.25. The molecule has 0 spiro atoms. The van der Waals surface area contributed by atoms with E-state index in [1.165, 1.54) is 17.5 Å². The molecule has 1 unspecified atom stereocenters. The van der Waals surface area contributed by atoms with Crippen molar-refractivity contribution in [3.63, 3.8) is 0 Å². The van der Waals surface area contributed by atoms with Crippen LogP contribution in [0, 0.1) is 6.92 Å². The third kappa shape index (κ3) is 2.48. The normalized spacial score (nSPS) is 18.1. The van der Waals surface area contributed by atoms with Crippen LogP contribution in [0.2, 0.25) is 5.15 Å². The monoisotopic (exact) mass is 290 g/mol. The number of halogens is 1. The number of fused-ring (bicyclic) bond motifs is 1. The van der Waals surface area contributed by atoms with E-state index in [2.05, 4.69) is 29.4 Å². The molecule has 0 saturated heterocycles. The van der Waals surface area contributed by atoms with Gasteiger partial charge in [-0.25, -0.2) is 0 Å². The van der Waals surface area contributed by atoms with Gasteiger partial charge in [0, 0.05) is 12.6 Å². The van der Waals surface area contributed by atoms with Crippen LogP contribution in [0.4, 0.5) is 0 Å². The highest BCUT2D eigenvalue weighted by Gasteiger charge is 2.21. The van der Waals surface area contributed by atoms with E-state index in [9.17, 15) is 0 Å². The average Bonchev–Trinajstić information content (AvgIpc) is 2.70. The minimum Gasteiger partial charge on any atom is -0.369 e. The summed E-state index contributed by atoms with van der Waals surface area (Å²) in [6.45, 7) is 2.50. The van der Waals surface area contributed by atoms with Crippen molar-refractivity contribution in [1.29, 1.82) is 0 Å². The first kappa shape index (κ1) is 13.7. The maximum Gasteiger partial charge on any atom is 0.132 e. The Kier molecular flexibility index (Phi) is 3.81. The van der Waals surface area contributed by atoms with Crippen LogP contribution in [-0.4, -0.2) is 9.78 Å². The predicted octanol–water partition coefficient (Wildman–Crippen LogP) is 3.98. The van der Waals surface area contributed by atoms with E-state index < -0.39 is 0 Å². The zero-order valence-corrected chi connectivity index (χ0v) is 12.7. The number of aromatic nitrogens is 2. The second-order valence-electron chi connectivity index (χ2n) is 5.37. The molecule has 1 atom stereocenters. The lowest BCUT2D eigenvalue weighted by molar-refractivity contribution is 0.0280. The molecular weight excluding hydrogens is 272 g/mol. The molecule has 0 radical (unpaired) electrons. The molecule has 20 heavy (non-hydrogen) atoms. The summed E-state index contributed by atoms with van der Waals surface area (Å²) in [4.78, 5) is 0. The van der Waals surface area contributed by atoms with Crippen LogP contribution in [-0.2, 0) is 24.8 Å². The van der Waals surface area contributed by atoms with E-state index in [-0.39, 0.29) is 6.10 Å². The van der Waals surface area contributed by atoms with Crippen LogP contribution in [0.1, 0.15) is 41.3 Å². The Hall–Kier alpha value is -1.32. The molecule has 1 aliphatic rings. The molecule has 2 aromatic rings. The highest BCUT2D eigenvalue weighted by molar-refractivity contribution is 6.30. The number of hydrogen-bond donors (Lipinski definition) is 0. The van der Waals surface area contributed by atoms with Gasteiger partial charge in [-0.3, -0.25) is 4.68 Å². The lowest BCUT2D eigenvalue weighted by Crippen LogP contribution is -2.13. The van der Waals surface area contributed by atoms with Crippen LogP contribution >= 0.6 is 11.6 Å². The Labute approximate surface area is 124 Å². The summed E-state index contributed by atoms with van der Waals surface area (Å²) >= 11 is 6.25. The first-order chi connectivity index (χ1) is 9.66.